The average molecular weight is 671 g/mol. The number of hydrogen-bond donors (Lipinski definition) is 0. The van der Waals surface area contributed by atoms with Crippen LogP contribution in [0.3, 0.4) is 0 Å². The summed E-state index contributed by atoms with van der Waals surface area (Å²) in [5.74, 6) is -1.36. The van der Waals surface area contributed by atoms with Crippen LogP contribution in [0.15, 0.2) is 0 Å². The molecule has 9 heteroatoms. The number of hydrogen-bond acceptors (Lipinski definition) is 9. The van der Waals surface area contributed by atoms with Crippen molar-refractivity contribution in [2.45, 2.75) is 194 Å². The van der Waals surface area contributed by atoms with Crippen LogP contribution in [-0.4, -0.2) is 62.5 Å². The Balaban J connectivity index is 5.07. The van der Waals surface area contributed by atoms with Crippen LogP contribution in [0.1, 0.15) is 182 Å². The smallest absolute Gasteiger partial charge is 0.306 e. The van der Waals surface area contributed by atoms with E-state index in [9.17, 15) is 19.2 Å². The van der Waals surface area contributed by atoms with Gasteiger partial charge >= 0.3 is 23.9 Å². The van der Waals surface area contributed by atoms with Gasteiger partial charge in [-0.2, -0.15) is 0 Å². The molecule has 47 heavy (non-hydrogen) atoms. The summed E-state index contributed by atoms with van der Waals surface area (Å²) in [6, 6.07) is 0. The van der Waals surface area contributed by atoms with Gasteiger partial charge < -0.3 is 23.7 Å². The van der Waals surface area contributed by atoms with Gasteiger partial charge in [-0.15, -0.1) is 0 Å². The summed E-state index contributed by atoms with van der Waals surface area (Å²) in [4.78, 5) is 49.9. The normalized spacial score (nSPS) is 12.3. The molecule has 0 aromatic rings. The second-order valence-corrected chi connectivity index (χ2v) is 12.8. The Labute approximate surface area is 286 Å². The molecule has 0 aromatic heterocycles. The maximum Gasteiger partial charge on any atom is 0.306 e. The van der Waals surface area contributed by atoms with Crippen LogP contribution in [0.4, 0.5) is 0 Å². The van der Waals surface area contributed by atoms with Crippen molar-refractivity contribution in [2.75, 3.05) is 26.4 Å². The van der Waals surface area contributed by atoms with Crippen molar-refractivity contribution in [1.82, 2.24) is 0 Å². The lowest BCUT2D eigenvalue weighted by Crippen LogP contribution is -2.34. The summed E-state index contributed by atoms with van der Waals surface area (Å²) in [7, 11) is 0. The molecule has 0 saturated carbocycles. The molecular weight excluding hydrogens is 600 g/mol. The predicted octanol–water partition coefficient (Wildman–Crippen LogP) is 9.36. The van der Waals surface area contributed by atoms with Crippen molar-refractivity contribution in [3.8, 4) is 0 Å². The van der Waals surface area contributed by atoms with Crippen LogP contribution in [-0.2, 0) is 42.9 Å². The molecule has 0 aromatic carbocycles. The highest BCUT2D eigenvalue weighted by Crippen LogP contribution is 2.12. The third-order valence-electron chi connectivity index (χ3n) is 8.00. The van der Waals surface area contributed by atoms with Gasteiger partial charge in [0.2, 0.25) is 0 Å². The van der Waals surface area contributed by atoms with Crippen LogP contribution in [0.2, 0.25) is 0 Å². The number of ether oxygens (including phenoxy) is 5. The zero-order valence-corrected chi connectivity index (χ0v) is 30.6. The van der Waals surface area contributed by atoms with Gasteiger partial charge in [-0.1, -0.05) is 130 Å². The topological polar surface area (TPSA) is 114 Å². The van der Waals surface area contributed by atoms with Crippen LogP contribution in [0, 0.1) is 0 Å². The van der Waals surface area contributed by atoms with E-state index in [0.717, 1.165) is 128 Å². The van der Waals surface area contributed by atoms with Gasteiger partial charge in [0.05, 0.1) is 13.2 Å². The Bertz CT molecular complexity index is 708. The molecule has 0 N–H and O–H groups in total. The summed E-state index contributed by atoms with van der Waals surface area (Å²) in [6.45, 7) is 8.29. The quantitative estimate of drug-likeness (QED) is 0.0375. The molecule has 0 rings (SSSR count). The van der Waals surface area contributed by atoms with E-state index in [-0.39, 0.29) is 50.3 Å². The molecule has 0 saturated heterocycles. The van der Waals surface area contributed by atoms with Gasteiger partial charge in [-0.05, 0) is 25.7 Å². The minimum Gasteiger partial charge on any atom is -0.462 e. The number of unbranched alkanes of at least 4 members (excludes halogenated alkanes) is 16. The zero-order chi connectivity index (χ0) is 34.8. The molecule has 276 valence electrons. The molecule has 0 aliphatic rings. The van der Waals surface area contributed by atoms with Crippen LogP contribution < -0.4 is 0 Å². The van der Waals surface area contributed by atoms with E-state index < -0.39 is 12.2 Å². The fourth-order valence-electron chi connectivity index (χ4n) is 5.06. The summed E-state index contributed by atoms with van der Waals surface area (Å²) in [6.07, 6.45) is 20.0. The highest BCUT2D eigenvalue weighted by Gasteiger charge is 2.21. The highest BCUT2D eigenvalue weighted by atomic mass is 16.6. The molecule has 0 spiro atoms. The first-order valence-electron chi connectivity index (χ1n) is 19.1. The maximum atomic E-state index is 12.6. The summed E-state index contributed by atoms with van der Waals surface area (Å²) in [5, 5.41) is 0. The zero-order valence-electron chi connectivity index (χ0n) is 30.6. The Hall–Kier alpha value is -2.16. The van der Waals surface area contributed by atoms with Gasteiger partial charge in [0.1, 0.15) is 13.2 Å². The first kappa shape index (κ1) is 44.8. The average Bonchev–Trinajstić information content (AvgIpc) is 3.05. The number of carbonyl (C=O) groups excluding carboxylic acids is 4. The second kappa shape index (κ2) is 33.7. The molecule has 2 atom stereocenters. The summed E-state index contributed by atoms with van der Waals surface area (Å²) >= 11 is 0. The Morgan fingerprint density at radius 1 is 0.362 bits per heavy atom. The lowest BCUT2D eigenvalue weighted by atomic mass is 10.1. The van der Waals surface area contributed by atoms with Gasteiger partial charge in [0, 0.05) is 25.7 Å². The third-order valence-corrected chi connectivity index (χ3v) is 8.00. The van der Waals surface area contributed by atoms with E-state index in [2.05, 4.69) is 27.7 Å². The van der Waals surface area contributed by atoms with Crippen molar-refractivity contribution in [1.29, 1.82) is 0 Å². The van der Waals surface area contributed by atoms with Crippen molar-refractivity contribution in [3.63, 3.8) is 0 Å². The molecule has 0 radical (unpaired) electrons. The number of rotatable bonds is 34. The second-order valence-electron chi connectivity index (χ2n) is 12.8. The molecule has 0 heterocycles. The fraction of sp³-hybridized carbons (Fsp3) is 0.895. The number of esters is 4. The molecule has 9 nitrogen and oxygen atoms in total. The standard InChI is InChI=1S/C38H70O9/c1-5-9-13-17-21-25-35(39)44-31-33(46-37(41)27-23-19-15-11-7-3)29-43-30-34(47-38(42)28-24-20-16-12-8-4)32-45-36(40)26-22-18-14-10-6-2/h33-34H,5-32H2,1-4H3/t33-,34-/m0/s1. The maximum absolute atomic E-state index is 12.6. The van der Waals surface area contributed by atoms with Crippen LogP contribution in [0.25, 0.3) is 0 Å². The largest absolute Gasteiger partial charge is 0.462 e. The lowest BCUT2D eigenvalue weighted by molar-refractivity contribution is -0.169. The van der Waals surface area contributed by atoms with E-state index in [1.807, 2.05) is 0 Å². The van der Waals surface area contributed by atoms with Gasteiger partial charge in [-0.3, -0.25) is 19.2 Å². The Kier molecular flexibility index (Phi) is 32.2. The summed E-state index contributed by atoms with van der Waals surface area (Å²) in [5.41, 5.74) is 0. The van der Waals surface area contributed by atoms with Gasteiger partial charge in [0.25, 0.3) is 0 Å². The Morgan fingerprint density at radius 2 is 0.638 bits per heavy atom. The van der Waals surface area contributed by atoms with Gasteiger partial charge in [-0.25, -0.2) is 0 Å². The molecule has 0 amide bonds. The summed E-state index contributed by atoms with van der Waals surface area (Å²) < 4.78 is 28.1. The molecule has 0 bridgehead atoms. The van der Waals surface area contributed by atoms with E-state index in [0.29, 0.717) is 25.7 Å². The minimum atomic E-state index is -0.789. The molecule has 0 aliphatic carbocycles. The highest BCUT2D eigenvalue weighted by molar-refractivity contribution is 5.71. The fourth-order valence-corrected chi connectivity index (χ4v) is 5.06. The SMILES string of the molecule is CCCCCCCC(=O)OC[C@H](COC[C@@H](COC(=O)CCCCCCC)OC(=O)CCCCCCC)OC(=O)CCCCCCC. The van der Waals surface area contributed by atoms with Crippen LogP contribution >= 0.6 is 0 Å². The first-order valence-corrected chi connectivity index (χ1v) is 19.1. The molecule has 0 aliphatic heterocycles. The molecule has 0 unspecified atom stereocenters. The van der Waals surface area contributed by atoms with E-state index in [1.165, 1.54) is 0 Å². The monoisotopic (exact) mass is 671 g/mol. The van der Waals surface area contributed by atoms with Crippen LogP contribution in [0.5, 0.6) is 0 Å². The van der Waals surface area contributed by atoms with Crippen molar-refractivity contribution >= 4 is 23.9 Å². The van der Waals surface area contributed by atoms with Gasteiger partial charge in [0.15, 0.2) is 12.2 Å². The van der Waals surface area contributed by atoms with E-state index >= 15 is 0 Å². The van der Waals surface area contributed by atoms with Crippen molar-refractivity contribution in [3.05, 3.63) is 0 Å². The number of carbonyl (C=O) groups is 4. The molecular formula is C38H70O9. The third kappa shape index (κ3) is 30.9. The van der Waals surface area contributed by atoms with E-state index in [4.69, 9.17) is 23.7 Å². The minimum absolute atomic E-state index is 0.0399. The first-order chi connectivity index (χ1) is 22.9. The predicted molar refractivity (Wildman–Crippen MR) is 186 cm³/mol. The van der Waals surface area contributed by atoms with Crippen molar-refractivity contribution in [2.24, 2.45) is 0 Å². The van der Waals surface area contributed by atoms with Crippen molar-refractivity contribution < 1.29 is 42.9 Å². The lowest BCUT2D eigenvalue weighted by Gasteiger charge is -2.21. The van der Waals surface area contributed by atoms with E-state index in [1.54, 1.807) is 0 Å². The Morgan fingerprint density at radius 3 is 0.936 bits per heavy atom. The molecule has 0 fully saturated rings.